The molecule has 0 aromatic rings. The van der Waals surface area contributed by atoms with Crippen LogP contribution in [-0.2, 0) is 4.79 Å². The van der Waals surface area contributed by atoms with Crippen LogP contribution >= 0.6 is 9.39 Å². The summed E-state index contributed by atoms with van der Waals surface area (Å²) < 4.78 is 1.85. The molecule has 0 aromatic carbocycles. The molecular formula is C9H18NO2P. The van der Waals surface area contributed by atoms with Gasteiger partial charge in [-0.2, -0.15) is 0 Å². The number of hydrogen-bond acceptors (Lipinski definition) is 2. The fourth-order valence-electron chi connectivity index (χ4n) is 1.99. The number of hydrogen-bond donors (Lipinski definition) is 1. The van der Waals surface area contributed by atoms with Gasteiger partial charge >= 0.3 is 5.97 Å². The summed E-state index contributed by atoms with van der Waals surface area (Å²) in [7, 11) is 2.52. The first kappa shape index (κ1) is 10.9. The fraction of sp³-hybridized carbons (Fsp3) is 0.889. The van der Waals surface area contributed by atoms with Gasteiger partial charge in [-0.15, -0.1) is 0 Å². The predicted octanol–water partition coefficient (Wildman–Crippen LogP) is 1.60. The molecule has 0 aromatic heterocycles. The summed E-state index contributed by atoms with van der Waals surface area (Å²) in [5.41, 5.74) is -0.154. The van der Waals surface area contributed by atoms with Gasteiger partial charge in [0.05, 0.1) is 0 Å². The molecular weight excluding hydrogens is 185 g/mol. The lowest BCUT2D eigenvalue weighted by atomic mass is 9.67. The van der Waals surface area contributed by atoms with Crippen molar-refractivity contribution in [3.63, 3.8) is 0 Å². The van der Waals surface area contributed by atoms with Crippen molar-refractivity contribution in [2.75, 3.05) is 6.54 Å². The fourth-order valence-corrected chi connectivity index (χ4v) is 2.94. The highest BCUT2D eigenvalue weighted by molar-refractivity contribution is 7.13. The minimum Gasteiger partial charge on any atom is -0.480 e. The number of aliphatic carboxylic acids is 1. The summed E-state index contributed by atoms with van der Waals surface area (Å²) in [5.74, 6) is -0.731. The van der Waals surface area contributed by atoms with Crippen LogP contribution in [0.15, 0.2) is 0 Å². The molecule has 0 spiro atoms. The number of carboxylic acid groups (broad SMARTS) is 1. The number of nitrogens with zero attached hydrogens (tertiary/aromatic N) is 1. The largest absolute Gasteiger partial charge is 0.480 e. The highest BCUT2D eigenvalue weighted by atomic mass is 31.0. The zero-order chi connectivity index (χ0) is 10.4. The summed E-state index contributed by atoms with van der Waals surface area (Å²) in [6.07, 6.45) is 0. The van der Waals surface area contributed by atoms with E-state index in [0.717, 1.165) is 6.54 Å². The van der Waals surface area contributed by atoms with Crippen LogP contribution in [0, 0.1) is 10.8 Å². The molecule has 1 heterocycles. The number of carbonyl (C=O) groups is 1. The summed E-state index contributed by atoms with van der Waals surface area (Å²) in [4.78, 5) is 11.1. The van der Waals surface area contributed by atoms with Crippen LogP contribution < -0.4 is 0 Å². The summed E-state index contributed by atoms with van der Waals surface area (Å²) in [6.45, 7) is 9.09. The van der Waals surface area contributed by atoms with E-state index in [1.54, 1.807) is 0 Å². The van der Waals surface area contributed by atoms with Crippen molar-refractivity contribution in [1.29, 1.82) is 0 Å². The summed E-state index contributed by atoms with van der Waals surface area (Å²) >= 11 is 0. The van der Waals surface area contributed by atoms with Gasteiger partial charge in [0.2, 0.25) is 0 Å². The van der Waals surface area contributed by atoms with Gasteiger partial charge in [-0.1, -0.05) is 37.1 Å². The minimum atomic E-state index is -0.731. The van der Waals surface area contributed by atoms with Crippen molar-refractivity contribution in [3.05, 3.63) is 0 Å². The molecule has 0 amide bonds. The zero-order valence-corrected chi connectivity index (χ0v) is 9.82. The first-order valence-corrected chi connectivity index (χ1v) is 4.96. The van der Waals surface area contributed by atoms with E-state index in [0.29, 0.717) is 0 Å². The topological polar surface area (TPSA) is 40.5 Å². The zero-order valence-electron chi connectivity index (χ0n) is 8.66. The highest BCUT2D eigenvalue weighted by Gasteiger charge is 2.54. The lowest BCUT2D eigenvalue weighted by molar-refractivity contribution is -0.144. The van der Waals surface area contributed by atoms with Crippen molar-refractivity contribution < 1.29 is 9.90 Å². The maximum Gasteiger partial charge on any atom is 0.321 e. The van der Waals surface area contributed by atoms with Crippen molar-refractivity contribution in [1.82, 2.24) is 4.67 Å². The van der Waals surface area contributed by atoms with E-state index in [2.05, 4.69) is 23.2 Å². The number of rotatable bonds is 1. The smallest absolute Gasteiger partial charge is 0.321 e. The molecule has 2 atom stereocenters. The molecule has 1 aliphatic rings. The Balaban J connectivity index is 3.05. The van der Waals surface area contributed by atoms with Crippen molar-refractivity contribution in [2.24, 2.45) is 10.8 Å². The van der Waals surface area contributed by atoms with Crippen LogP contribution in [0.4, 0.5) is 0 Å². The Morgan fingerprint density at radius 3 is 2.08 bits per heavy atom. The molecule has 0 saturated carbocycles. The molecule has 0 radical (unpaired) electrons. The van der Waals surface area contributed by atoms with Gasteiger partial charge in [-0.3, -0.25) is 9.46 Å². The van der Waals surface area contributed by atoms with Gasteiger partial charge in [0.1, 0.15) is 6.04 Å². The van der Waals surface area contributed by atoms with E-state index < -0.39 is 12.0 Å². The van der Waals surface area contributed by atoms with Crippen LogP contribution in [0.3, 0.4) is 0 Å². The Labute approximate surface area is 81.8 Å². The lowest BCUT2D eigenvalue weighted by Crippen LogP contribution is -2.42. The monoisotopic (exact) mass is 203 g/mol. The van der Waals surface area contributed by atoms with Gasteiger partial charge < -0.3 is 5.11 Å². The van der Waals surface area contributed by atoms with E-state index in [1.165, 1.54) is 0 Å². The molecule has 1 unspecified atom stereocenters. The molecule has 1 N–H and O–H groups in total. The van der Waals surface area contributed by atoms with E-state index in [9.17, 15) is 4.79 Å². The van der Waals surface area contributed by atoms with Crippen LogP contribution in [0.5, 0.6) is 0 Å². The van der Waals surface area contributed by atoms with Crippen LogP contribution in [0.25, 0.3) is 0 Å². The Hall–Kier alpha value is -0.140. The summed E-state index contributed by atoms with van der Waals surface area (Å²) in [5, 5.41) is 9.10. The van der Waals surface area contributed by atoms with Gasteiger partial charge in [-0.25, -0.2) is 0 Å². The second-order valence-electron chi connectivity index (χ2n) is 5.02. The minimum absolute atomic E-state index is 0.0395. The Morgan fingerprint density at radius 1 is 1.46 bits per heavy atom. The molecule has 1 saturated heterocycles. The summed E-state index contributed by atoms with van der Waals surface area (Å²) in [6, 6.07) is -0.396. The molecule has 0 aliphatic carbocycles. The average Bonchev–Trinajstić information content (AvgIpc) is 1.96. The maximum atomic E-state index is 11.1. The van der Waals surface area contributed by atoms with Gasteiger partial charge in [0.15, 0.2) is 0 Å². The van der Waals surface area contributed by atoms with Crippen molar-refractivity contribution in [3.8, 4) is 0 Å². The molecule has 3 nitrogen and oxygen atoms in total. The van der Waals surface area contributed by atoms with Crippen LogP contribution in [-0.4, -0.2) is 28.3 Å². The third-order valence-corrected chi connectivity index (χ3v) is 4.05. The SMILES string of the molecule is CC1(C)CN(P)[C@H](C(=O)O)C1(C)C. The first-order valence-electron chi connectivity index (χ1n) is 4.44. The van der Waals surface area contributed by atoms with E-state index in [4.69, 9.17) is 5.11 Å². The van der Waals surface area contributed by atoms with E-state index in [-0.39, 0.29) is 10.8 Å². The number of carboxylic acids is 1. The van der Waals surface area contributed by atoms with Gasteiger partial charge in [-0.05, 0) is 10.8 Å². The molecule has 4 heteroatoms. The maximum absolute atomic E-state index is 11.1. The Morgan fingerprint density at radius 2 is 1.92 bits per heavy atom. The Kier molecular flexibility index (Phi) is 2.46. The Bertz CT molecular complexity index is 238. The molecule has 13 heavy (non-hydrogen) atoms. The predicted molar refractivity (Wildman–Crippen MR) is 55.4 cm³/mol. The first-order chi connectivity index (χ1) is 5.70. The van der Waals surface area contributed by atoms with Crippen LogP contribution in [0.2, 0.25) is 0 Å². The second-order valence-corrected chi connectivity index (χ2v) is 5.68. The third kappa shape index (κ3) is 1.49. The van der Waals surface area contributed by atoms with E-state index >= 15 is 0 Å². The van der Waals surface area contributed by atoms with Crippen molar-refractivity contribution >= 4 is 15.4 Å². The normalized spacial score (nSPS) is 31.9. The van der Waals surface area contributed by atoms with Crippen LogP contribution in [0.1, 0.15) is 27.7 Å². The van der Waals surface area contributed by atoms with E-state index in [1.807, 2.05) is 18.5 Å². The van der Waals surface area contributed by atoms with Gasteiger partial charge in [0, 0.05) is 6.54 Å². The van der Waals surface area contributed by atoms with Crippen molar-refractivity contribution in [2.45, 2.75) is 33.7 Å². The quantitative estimate of drug-likeness (QED) is 0.658. The second kappa shape index (κ2) is 2.93. The highest BCUT2D eigenvalue weighted by Crippen LogP contribution is 2.50. The molecule has 76 valence electrons. The molecule has 1 aliphatic heterocycles. The third-order valence-electron chi connectivity index (χ3n) is 3.57. The molecule has 1 fully saturated rings. The average molecular weight is 203 g/mol. The van der Waals surface area contributed by atoms with Gasteiger partial charge in [0.25, 0.3) is 0 Å². The molecule has 1 rings (SSSR count). The standard InChI is InChI=1S/C9H18NO2P/c1-8(2)5-10(13)6(7(11)12)9(8,3)4/h6H,5,13H2,1-4H3,(H,11,12)/t6-/m1/s1. The molecule has 0 bridgehead atoms. The lowest BCUT2D eigenvalue weighted by Gasteiger charge is -2.36.